The molecule has 1 atom stereocenters. The van der Waals surface area contributed by atoms with Crippen molar-refractivity contribution in [1.29, 1.82) is 0 Å². The molecule has 1 aliphatic heterocycles. The highest BCUT2D eigenvalue weighted by molar-refractivity contribution is 9.09. The van der Waals surface area contributed by atoms with E-state index in [4.69, 9.17) is 21.1 Å². The Labute approximate surface area is 115 Å². The summed E-state index contributed by atoms with van der Waals surface area (Å²) in [7, 11) is 0. The maximum absolute atomic E-state index is 12.6. The lowest BCUT2D eigenvalue weighted by molar-refractivity contribution is -0.128. The van der Waals surface area contributed by atoms with E-state index in [9.17, 15) is 13.2 Å². The summed E-state index contributed by atoms with van der Waals surface area (Å²) in [5, 5.41) is -0.00144. The minimum Gasteiger partial charge on any atom is -0.490 e. The third kappa shape index (κ3) is 2.85. The zero-order chi connectivity index (χ0) is 13.3. The predicted molar refractivity (Wildman–Crippen MR) is 64.8 cm³/mol. The van der Waals surface area contributed by atoms with E-state index in [0.29, 0.717) is 31.1 Å². The van der Waals surface area contributed by atoms with Gasteiger partial charge in [0.25, 0.3) is 0 Å². The summed E-state index contributed by atoms with van der Waals surface area (Å²) in [6.45, 7) is 0.868. The molecule has 18 heavy (non-hydrogen) atoms. The van der Waals surface area contributed by atoms with Gasteiger partial charge < -0.3 is 9.47 Å². The van der Waals surface area contributed by atoms with Crippen molar-refractivity contribution in [3.8, 4) is 11.5 Å². The van der Waals surface area contributed by atoms with Crippen molar-refractivity contribution in [2.75, 3.05) is 13.2 Å². The first-order valence-corrected chi connectivity index (χ1v) is 6.49. The first-order chi connectivity index (χ1) is 8.39. The molecule has 7 heteroatoms. The second-order valence-corrected chi connectivity index (χ2v) is 5.10. The van der Waals surface area contributed by atoms with Crippen molar-refractivity contribution in [2.24, 2.45) is 0 Å². The van der Waals surface area contributed by atoms with Crippen molar-refractivity contribution < 1.29 is 22.6 Å². The van der Waals surface area contributed by atoms with Gasteiger partial charge in [-0.2, -0.15) is 13.2 Å². The standard InChI is InChI=1S/C11H9BrClF3O2/c12-10(11(14,15)16)6-4-8-9(5-7(6)13)18-3-1-2-17-8/h4-5,10H,1-3H2. The lowest BCUT2D eigenvalue weighted by atomic mass is 10.1. The molecule has 1 aromatic rings. The minimum atomic E-state index is -4.41. The Balaban J connectivity index is 2.41. The molecule has 0 N–H and O–H groups in total. The van der Waals surface area contributed by atoms with E-state index in [1.165, 1.54) is 12.1 Å². The fourth-order valence-corrected chi connectivity index (χ4v) is 2.34. The zero-order valence-electron chi connectivity index (χ0n) is 9.06. The predicted octanol–water partition coefficient (Wildman–Crippen LogP) is 4.50. The monoisotopic (exact) mass is 344 g/mol. The van der Waals surface area contributed by atoms with Gasteiger partial charge in [0, 0.05) is 17.5 Å². The molecule has 100 valence electrons. The molecular weight excluding hydrogens is 336 g/mol. The van der Waals surface area contributed by atoms with Crippen molar-refractivity contribution in [2.45, 2.75) is 17.4 Å². The lowest BCUT2D eigenvalue weighted by Gasteiger charge is -2.17. The lowest BCUT2D eigenvalue weighted by Crippen LogP contribution is -2.15. The molecule has 0 spiro atoms. The smallest absolute Gasteiger partial charge is 0.405 e. The summed E-state index contributed by atoms with van der Waals surface area (Å²) in [4.78, 5) is -1.82. The average Bonchev–Trinajstić information content (AvgIpc) is 2.50. The highest BCUT2D eigenvalue weighted by Crippen LogP contribution is 2.46. The van der Waals surface area contributed by atoms with Crippen LogP contribution in [0.4, 0.5) is 13.2 Å². The van der Waals surface area contributed by atoms with Crippen LogP contribution in [0.25, 0.3) is 0 Å². The van der Waals surface area contributed by atoms with E-state index in [1.807, 2.05) is 0 Å². The van der Waals surface area contributed by atoms with Crippen LogP contribution in [0.2, 0.25) is 5.02 Å². The molecule has 2 nitrogen and oxygen atoms in total. The van der Waals surface area contributed by atoms with E-state index < -0.39 is 11.0 Å². The van der Waals surface area contributed by atoms with E-state index in [-0.39, 0.29) is 10.6 Å². The van der Waals surface area contributed by atoms with Crippen LogP contribution >= 0.6 is 27.5 Å². The fraction of sp³-hybridized carbons (Fsp3) is 0.455. The van der Waals surface area contributed by atoms with Crippen LogP contribution in [0.5, 0.6) is 11.5 Å². The van der Waals surface area contributed by atoms with E-state index >= 15 is 0 Å². The van der Waals surface area contributed by atoms with Gasteiger partial charge in [-0.05, 0) is 11.6 Å². The number of hydrogen-bond acceptors (Lipinski definition) is 2. The summed E-state index contributed by atoms with van der Waals surface area (Å²) in [6, 6.07) is 2.63. The molecular formula is C11H9BrClF3O2. The Bertz CT molecular complexity index is 451. The Kier molecular flexibility index (Phi) is 3.96. The Morgan fingerprint density at radius 1 is 1.17 bits per heavy atom. The van der Waals surface area contributed by atoms with Crippen molar-refractivity contribution in [3.63, 3.8) is 0 Å². The third-order valence-electron chi connectivity index (χ3n) is 2.43. The van der Waals surface area contributed by atoms with E-state index in [2.05, 4.69) is 15.9 Å². The molecule has 2 rings (SSSR count). The van der Waals surface area contributed by atoms with E-state index in [1.54, 1.807) is 0 Å². The van der Waals surface area contributed by atoms with Gasteiger partial charge in [-0.1, -0.05) is 27.5 Å². The van der Waals surface area contributed by atoms with Crippen LogP contribution in [-0.4, -0.2) is 19.4 Å². The van der Waals surface area contributed by atoms with Crippen molar-refractivity contribution >= 4 is 27.5 Å². The van der Waals surface area contributed by atoms with Gasteiger partial charge in [0.05, 0.1) is 13.2 Å². The summed E-state index contributed by atoms with van der Waals surface area (Å²) in [5.41, 5.74) is -0.0755. The maximum atomic E-state index is 12.6. The van der Waals surface area contributed by atoms with Crippen LogP contribution < -0.4 is 9.47 Å². The van der Waals surface area contributed by atoms with Crippen LogP contribution in [0.3, 0.4) is 0 Å². The molecule has 1 unspecified atom stereocenters. The second-order valence-electron chi connectivity index (χ2n) is 3.78. The first-order valence-electron chi connectivity index (χ1n) is 5.19. The third-order valence-corrected chi connectivity index (χ3v) is 3.77. The summed E-state index contributed by atoms with van der Waals surface area (Å²) >= 11 is 8.45. The van der Waals surface area contributed by atoms with Gasteiger partial charge in [-0.15, -0.1) is 0 Å². The number of halogens is 5. The summed E-state index contributed by atoms with van der Waals surface area (Å²) in [6.07, 6.45) is -3.73. The van der Waals surface area contributed by atoms with Crippen LogP contribution in [-0.2, 0) is 0 Å². The van der Waals surface area contributed by atoms with Gasteiger partial charge in [0.2, 0.25) is 0 Å². The number of ether oxygens (including phenoxy) is 2. The van der Waals surface area contributed by atoms with Crippen LogP contribution in [0.1, 0.15) is 16.8 Å². The molecule has 1 heterocycles. The molecule has 0 radical (unpaired) electrons. The Hall–Kier alpha value is -0.620. The van der Waals surface area contributed by atoms with Gasteiger partial charge in [0.1, 0.15) is 4.83 Å². The largest absolute Gasteiger partial charge is 0.490 e. The summed E-state index contributed by atoms with van der Waals surface area (Å²) in [5.74, 6) is 0.670. The van der Waals surface area contributed by atoms with Gasteiger partial charge in [-0.3, -0.25) is 0 Å². The molecule has 0 fully saturated rings. The molecule has 0 saturated heterocycles. The average molecular weight is 346 g/mol. The van der Waals surface area contributed by atoms with Crippen LogP contribution in [0, 0.1) is 0 Å². The molecule has 1 aliphatic rings. The number of rotatable bonds is 1. The number of fused-ring (bicyclic) bond motifs is 1. The molecule has 0 bridgehead atoms. The normalized spacial score (nSPS) is 17.2. The second kappa shape index (κ2) is 5.17. The first kappa shape index (κ1) is 13.8. The Morgan fingerprint density at radius 2 is 1.72 bits per heavy atom. The van der Waals surface area contributed by atoms with Gasteiger partial charge in [0.15, 0.2) is 11.5 Å². The molecule has 0 aromatic heterocycles. The van der Waals surface area contributed by atoms with Gasteiger partial charge >= 0.3 is 6.18 Å². The maximum Gasteiger partial charge on any atom is 0.405 e. The Morgan fingerprint density at radius 3 is 2.28 bits per heavy atom. The number of benzene rings is 1. The van der Waals surface area contributed by atoms with Gasteiger partial charge in [-0.25, -0.2) is 0 Å². The molecule has 0 aliphatic carbocycles. The topological polar surface area (TPSA) is 18.5 Å². The molecule has 1 aromatic carbocycles. The molecule has 0 amide bonds. The fourth-order valence-electron chi connectivity index (χ4n) is 1.57. The zero-order valence-corrected chi connectivity index (χ0v) is 11.4. The van der Waals surface area contributed by atoms with E-state index in [0.717, 1.165) is 0 Å². The number of alkyl halides is 4. The highest BCUT2D eigenvalue weighted by Gasteiger charge is 2.40. The molecule has 0 saturated carbocycles. The van der Waals surface area contributed by atoms with Crippen molar-refractivity contribution in [1.82, 2.24) is 0 Å². The SMILES string of the molecule is FC(F)(F)C(Br)c1cc2c(cc1Cl)OCCCO2. The van der Waals surface area contributed by atoms with Crippen molar-refractivity contribution in [3.05, 3.63) is 22.7 Å². The van der Waals surface area contributed by atoms with Crippen LogP contribution in [0.15, 0.2) is 12.1 Å². The quantitative estimate of drug-likeness (QED) is 0.698. The summed E-state index contributed by atoms with van der Waals surface area (Å²) < 4.78 is 48.6. The highest BCUT2D eigenvalue weighted by atomic mass is 79.9. The number of hydrogen-bond donors (Lipinski definition) is 0. The minimum absolute atomic E-state index is 0.00144.